The van der Waals surface area contributed by atoms with Crippen molar-refractivity contribution in [2.75, 3.05) is 23.0 Å². The van der Waals surface area contributed by atoms with Crippen LogP contribution < -0.4 is 17.0 Å². The predicted octanol–water partition coefficient (Wildman–Crippen LogP) is 2.74. The normalized spacial score (nSPS) is 10.3. The van der Waals surface area contributed by atoms with Gasteiger partial charge in [0.15, 0.2) is 16.0 Å². The number of anilines is 2. The first-order valence-corrected chi connectivity index (χ1v) is 10.2. The molecule has 0 saturated heterocycles. The molecule has 0 aromatic carbocycles. The highest BCUT2D eigenvalue weighted by Crippen LogP contribution is 2.19. The van der Waals surface area contributed by atoms with Crippen LogP contribution in [0.1, 0.15) is 38.1 Å². The monoisotopic (exact) mass is 398 g/mol. The van der Waals surface area contributed by atoms with Crippen molar-refractivity contribution in [2.45, 2.75) is 50.8 Å². The first-order valence-electron chi connectivity index (χ1n) is 8.25. The van der Waals surface area contributed by atoms with Gasteiger partial charge in [-0.2, -0.15) is 4.98 Å². The molecule has 0 aliphatic rings. The third-order valence-electron chi connectivity index (χ3n) is 3.10. The van der Waals surface area contributed by atoms with Crippen molar-refractivity contribution in [1.82, 2.24) is 19.9 Å². The van der Waals surface area contributed by atoms with Crippen molar-refractivity contribution < 1.29 is 5.11 Å². The summed E-state index contributed by atoms with van der Waals surface area (Å²) in [5.74, 6) is 1.50. The predicted molar refractivity (Wildman–Crippen MR) is 109 cm³/mol. The standard InChI is InChI=1S/C9H15N3S.C7H11N3O2S/c1-4-5-13-9-11-6(2)8(10)7(3)12-9;1-2-3-13-7-9-5(11)4(8)6(12)10-7/h4-5,10H2,1-3H3;2-3,8H2,1H3,(H2,9,10,11,12). The molecule has 0 atom stereocenters. The Hall–Kier alpha value is -1.94. The topological polar surface area (TPSA) is 144 Å². The number of rotatable bonds is 6. The number of thioether (sulfide) groups is 2. The molecule has 2 aromatic rings. The molecule has 0 saturated carbocycles. The fraction of sp³-hybridized carbons (Fsp3) is 0.500. The molecular formula is C16H26N6O2S2. The first-order chi connectivity index (χ1) is 12.3. The fourth-order valence-electron chi connectivity index (χ4n) is 1.67. The van der Waals surface area contributed by atoms with Crippen molar-refractivity contribution >= 4 is 34.9 Å². The molecule has 0 radical (unpaired) electrons. The van der Waals surface area contributed by atoms with E-state index in [0.717, 1.165) is 40.9 Å². The summed E-state index contributed by atoms with van der Waals surface area (Å²) in [6, 6.07) is 0. The molecular weight excluding hydrogens is 372 g/mol. The summed E-state index contributed by atoms with van der Waals surface area (Å²) < 4.78 is 0. The number of hydrogen-bond donors (Lipinski definition) is 4. The molecule has 2 heterocycles. The second-order valence-corrected chi connectivity index (χ2v) is 7.54. The van der Waals surface area contributed by atoms with E-state index < -0.39 is 11.4 Å². The molecule has 26 heavy (non-hydrogen) atoms. The summed E-state index contributed by atoms with van der Waals surface area (Å²) in [5, 5.41) is 10.4. The smallest absolute Gasteiger partial charge is 0.278 e. The lowest BCUT2D eigenvalue weighted by Gasteiger charge is -2.05. The van der Waals surface area contributed by atoms with Crippen molar-refractivity contribution in [3.63, 3.8) is 0 Å². The minimum absolute atomic E-state index is 0.235. The van der Waals surface area contributed by atoms with Crippen molar-refractivity contribution in [1.29, 1.82) is 0 Å². The molecule has 0 amide bonds. The molecule has 0 aliphatic heterocycles. The summed E-state index contributed by atoms with van der Waals surface area (Å²) >= 11 is 3.05. The number of aryl methyl sites for hydroxylation is 2. The number of nitrogens with one attached hydrogen (secondary N) is 1. The summed E-state index contributed by atoms with van der Waals surface area (Å²) in [5.41, 5.74) is 12.7. The van der Waals surface area contributed by atoms with Gasteiger partial charge in [-0.1, -0.05) is 37.4 Å². The average molecular weight is 399 g/mol. The quantitative estimate of drug-likeness (QED) is 0.426. The zero-order valence-electron chi connectivity index (χ0n) is 15.5. The van der Waals surface area contributed by atoms with Crippen molar-refractivity contribution in [3.8, 4) is 5.88 Å². The highest BCUT2D eigenvalue weighted by atomic mass is 32.2. The van der Waals surface area contributed by atoms with Crippen molar-refractivity contribution in [2.24, 2.45) is 0 Å². The Morgan fingerprint density at radius 2 is 1.50 bits per heavy atom. The maximum Gasteiger partial charge on any atom is 0.278 e. The molecule has 0 fully saturated rings. The number of aromatic amines is 1. The number of aromatic nitrogens is 4. The van der Waals surface area contributed by atoms with Gasteiger partial charge in [0.1, 0.15) is 0 Å². The Balaban J connectivity index is 0.000000260. The van der Waals surface area contributed by atoms with Gasteiger partial charge in [-0.15, -0.1) is 0 Å². The number of H-pyrrole nitrogens is 1. The van der Waals surface area contributed by atoms with E-state index in [1.165, 1.54) is 11.8 Å². The molecule has 2 rings (SSSR count). The lowest BCUT2D eigenvalue weighted by molar-refractivity contribution is 0.447. The molecule has 0 spiro atoms. The minimum Gasteiger partial charge on any atom is -0.492 e. The largest absolute Gasteiger partial charge is 0.492 e. The Kier molecular flexibility index (Phi) is 9.28. The maximum atomic E-state index is 11.0. The lowest BCUT2D eigenvalue weighted by Crippen LogP contribution is -2.13. The van der Waals surface area contributed by atoms with Crippen molar-refractivity contribution in [3.05, 3.63) is 21.7 Å². The highest BCUT2D eigenvalue weighted by Gasteiger charge is 2.06. The molecule has 0 aliphatic carbocycles. The first kappa shape index (κ1) is 22.1. The van der Waals surface area contributed by atoms with E-state index >= 15 is 0 Å². The Labute approximate surface area is 161 Å². The fourth-order valence-corrected chi connectivity index (χ4v) is 3.17. The van der Waals surface area contributed by atoms with Crippen LogP contribution in [0, 0.1) is 13.8 Å². The summed E-state index contributed by atoms with van der Waals surface area (Å²) in [4.78, 5) is 25.8. The van der Waals surface area contributed by atoms with Gasteiger partial charge in [0.25, 0.3) is 5.56 Å². The Morgan fingerprint density at radius 3 is 2.00 bits per heavy atom. The second kappa shape index (κ2) is 10.9. The van der Waals surface area contributed by atoms with E-state index in [1.807, 2.05) is 20.8 Å². The van der Waals surface area contributed by atoms with Gasteiger partial charge >= 0.3 is 0 Å². The van der Waals surface area contributed by atoms with Gasteiger partial charge in [-0.05, 0) is 26.7 Å². The van der Waals surface area contributed by atoms with Crippen LogP contribution in [0.25, 0.3) is 0 Å². The maximum absolute atomic E-state index is 11.0. The summed E-state index contributed by atoms with van der Waals surface area (Å²) in [6.45, 7) is 7.99. The van der Waals surface area contributed by atoms with Crippen LogP contribution in [0.3, 0.4) is 0 Å². The van der Waals surface area contributed by atoms with Crippen LogP contribution in [0.2, 0.25) is 0 Å². The van der Waals surface area contributed by atoms with Crippen LogP contribution in [0.15, 0.2) is 15.1 Å². The number of nitrogen functional groups attached to an aromatic ring is 2. The average Bonchev–Trinajstić information content (AvgIpc) is 2.61. The summed E-state index contributed by atoms with van der Waals surface area (Å²) in [6.07, 6.45) is 2.11. The van der Waals surface area contributed by atoms with E-state index in [0.29, 0.717) is 10.8 Å². The van der Waals surface area contributed by atoms with Gasteiger partial charge in [0, 0.05) is 11.5 Å². The lowest BCUT2D eigenvalue weighted by atomic mass is 10.3. The number of nitrogens with zero attached hydrogens (tertiary/aromatic N) is 3. The summed E-state index contributed by atoms with van der Waals surface area (Å²) in [7, 11) is 0. The minimum atomic E-state index is -0.494. The molecule has 6 N–H and O–H groups in total. The van der Waals surface area contributed by atoms with Crippen LogP contribution in [0.5, 0.6) is 5.88 Å². The van der Waals surface area contributed by atoms with Gasteiger partial charge < -0.3 is 16.6 Å². The number of hydrogen-bond acceptors (Lipinski definition) is 9. The van der Waals surface area contributed by atoms with E-state index in [4.69, 9.17) is 16.6 Å². The van der Waals surface area contributed by atoms with Crippen LogP contribution in [0.4, 0.5) is 11.4 Å². The number of nitrogens with two attached hydrogens (primary N) is 2. The van der Waals surface area contributed by atoms with Crippen LogP contribution in [-0.2, 0) is 0 Å². The van der Waals surface area contributed by atoms with E-state index in [-0.39, 0.29) is 5.69 Å². The van der Waals surface area contributed by atoms with E-state index in [2.05, 4.69) is 26.9 Å². The van der Waals surface area contributed by atoms with E-state index in [1.54, 1.807) is 11.8 Å². The van der Waals surface area contributed by atoms with Gasteiger partial charge in [-0.3, -0.25) is 9.78 Å². The molecule has 0 bridgehead atoms. The Bertz CT molecular complexity index is 759. The third kappa shape index (κ3) is 6.75. The van der Waals surface area contributed by atoms with Crippen LogP contribution >= 0.6 is 23.5 Å². The Morgan fingerprint density at radius 1 is 0.962 bits per heavy atom. The number of aromatic hydroxyl groups is 1. The SMILES string of the molecule is CCCSc1nc(C)c(N)c(C)n1.CCCSc1nc(O)c(N)c(=O)[nH]1. The molecule has 2 aromatic heterocycles. The molecule has 10 heteroatoms. The molecule has 0 unspecified atom stereocenters. The highest BCUT2D eigenvalue weighted by molar-refractivity contribution is 7.99. The van der Waals surface area contributed by atoms with Gasteiger partial charge in [0.2, 0.25) is 5.88 Å². The second-order valence-electron chi connectivity index (χ2n) is 5.40. The molecule has 144 valence electrons. The van der Waals surface area contributed by atoms with E-state index in [9.17, 15) is 4.79 Å². The zero-order valence-corrected chi connectivity index (χ0v) is 17.1. The van der Waals surface area contributed by atoms with Gasteiger partial charge in [-0.25, -0.2) is 9.97 Å². The third-order valence-corrected chi connectivity index (χ3v) is 5.23. The zero-order chi connectivity index (χ0) is 19.7. The van der Waals surface area contributed by atoms with Crippen LogP contribution in [-0.4, -0.2) is 36.5 Å². The van der Waals surface area contributed by atoms with Gasteiger partial charge in [0.05, 0.1) is 17.1 Å². The molecule has 8 nitrogen and oxygen atoms in total.